The predicted octanol–water partition coefficient (Wildman–Crippen LogP) is 3.29. The van der Waals surface area contributed by atoms with Crippen LogP contribution in [0.3, 0.4) is 0 Å². The van der Waals surface area contributed by atoms with Gasteiger partial charge in [0.1, 0.15) is 0 Å². The molecule has 0 bridgehead atoms. The fourth-order valence-electron chi connectivity index (χ4n) is 1.71. The first-order chi connectivity index (χ1) is 9.36. The third kappa shape index (κ3) is 3.85. The molecule has 1 N–H and O–H groups in total. The topological polar surface area (TPSA) is 54.4 Å². The molecule has 2 aromatic carbocycles. The van der Waals surface area contributed by atoms with E-state index in [-0.39, 0.29) is 0 Å². The molecule has 0 aliphatic carbocycles. The van der Waals surface area contributed by atoms with E-state index in [0.717, 1.165) is 15.4 Å². The van der Waals surface area contributed by atoms with Gasteiger partial charge in [-0.25, -0.2) is 8.42 Å². The average Bonchev–Trinajstić information content (AvgIpc) is 2.39. The minimum Gasteiger partial charge on any atom is -0.389 e. The number of aliphatic hydroxyl groups is 1. The Morgan fingerprint density at radius 2 is 1.40 bits per heavy atom. The summed E-state index contributed by atoms with van der Waals surface area (Å²) < 4.78 is 22.7. The summed E-state index contributed by atoms with van der Waals surface area (Å²) in [7, 11) is -3.14. The molecule has 0 saturated heterocycles. The van der Waals surface area contributed by atoms with Gasteiger partial charge in [-0.05, 0) is 48.9 Å². The Balaban J connectivity index is 2.14. The SMILES string of the molecule is C[C@H](O)c1ccc(Sc2ccc(S(C)(=O)=O)cc2)cc1. The molecule has 5 heteroatoms. The number of rotatable bonds is 4. The smallest absolute Gasteiger partial charge is 0.175 e. The summed E-state index contributed by atoms with van der Waals surface area (Å²) in [4.78, 5) is 2.34. The zero-order valence-electron chi connectivity index (χ0n) is 11.3. The van der Waals surface area contributed by atoms with Crippen molar-refractivity contribution < 1.29 is 13.5 Å². The molecule has 2 aromatic rings. The molecule has 0 fully saturated rings. The molecule has 0 aliphatic heterocycles. The minimum atomic E-state index is -3.14. The summed E-state index contributed by atoms with van der Waals surface area (Å²) in [5, 5.41) is 9.45. The lowest BCUT2D eigenvalue weighted by Gasteiger charge is -2.06. The molecule has 0 saturated carbocycles. The van der Waals surface area contributed by atoms with Gasteiger partial charge in [0.05, 0.1) is 11.0 Å². The molecule has 0 radical (unpaired) electrons. The van der Waals surface area contributed by atoms with E-state index in [1.165, 1.54) is 6.26 Å². The van der Waals surface area contributed by atoms with Crippen LogP contribution in [0.25, 0.3) is 0 Å². The standard InChI is InChI=1S/C15H16O3S2/c1-11(16)12-3-5-13(6-4-12)19-14-7-9-15(10-8-14)20(2,17)18/h3-11,16H,1-2H3/t11-/m0/s1. The van der Waals surface area contributed by atoms with Crippen molar-refractivity contribution in [3.63, 3.8) is 0 Å². The van der Waals surface area contributed by atoms with Crippen molar-refractivity contribution in [2.75, 3.05) is 6.26 Å². The van der Waals surface area contributed by atoms with Crippen LogP contribution >= 0.6 is 11.8 Å². The lowest BCUT2D eigenvalue weighted by Crippen LogP contribution is -1.95. The van der Waals surface area contributed by atoms with E-state index in [0.29, 0.717) is 4.90 Å². The van der Waals surface area contributed by atoms with Crippen LogP contribution in [0.15, 0.2) is 63.2 Å². The van der Waals surface area contributed by atoms with E-state index in [2.05, 4.69) is 0 Å². The highest BCUT2D eigenvalue weighted by atomic mass is 32.2. The molecule has 106 valence electrons. The Bertz CT molecular complexity index is 672. The van der Waals surface area contributed by atoms with Gasteiger partial charge in [0.25, 0.3) is 0 Å². The summed E-state index contributed by atoms with van der Waals surface area (Å²) in [5.74, 6) is 0. The first-order valence-electron chi connectivity index (χ1n) is 6.12. The summed E-state index contributed by atoms with van der Waals surface area (Å²) in [6.45, 7) is 1.73. The van der Waals surface area contributed by atoms with Gasteiger partial charge in [-0.2, -0.15) is 0 Å². The first kappa shape index (κ1) is 15.1. The molecule has 2 rings (SSSR count). The van der Waals surface area contributed by atoms with Gasteiger partial charge in [-0.1, -0.05) is 23.9 Å². The highest BCUT2D eigenvalue weighted by Gasteiger charge is 2.07. The monoisotopic (exact) mass is 308 g/mol. The maximum Gasteiger partial charge on any atom is 0.175 e. The fraction of sp³-hybridized carbons (Fsp3) is 0.200. The van der Waals surface area contributed by atoms with Gasteiger partial charge in [-0.15, -0.1) is 0 Å². The summed E-state index contributed by atoms with van der Waals surface area (Å²) in [6, 6.07) is 14.5. The van der Waals surface area contributed by atoms with Crippen molar-refractivity contribution in [1.29, 1.82) is 0 Å². The normalized spacial score (nSPS) is 13.2. The molecule has 0 aromatic heterocycles. The Morgan fingerprint density at radius 1 is 0.950 bits per heavy atom. The zero-order valence-corrected chi connectivity index (χ0v) is 12.9. The number of aliphatic hydroxyl groups excluding tert-OH is 1. The lowest BCUT2D eigenvalue weighted by atomic mass is 10.1. The van der Waals surface area contributed by atoms with E-state index in [1.807, 2.05) is 24.3 Å². The number of hydrogen-bond acceptors (Lipinski definition) is 4. The molecule has 0 spiro atoms. The van der Waals surface area contributed by atoms with Crippen molar-refractivity contribution in [2.24, 2.45) is 0 Å². The summed E-state index contributed by atoms with van der Waals surface area (Å²) in [5.41, 5.74) is 0.877. The Hall–Kier alpha value is -1.30. The van der Waals surface area contributed by atoms with Crippen LogP contribution < -0.4 is 0 Å². The molecule has 0 amide bonds. The highest BCUT2D eigenvalue weighted by Crippen LogP contribution is 2.29. The summed E-state index contributed by atoms with van der Waals surface area (Å²) in [6.07, 6.45) is 0.729. The predicted molar refractivity (Wildman–Crippen MR) is 80.8 cm³/mol. The summed E-state index contributed by atoms with van der Waals surface area (Å²) >= 11 is 1.55. The quantitative estimate of drug-likeness (QED) is 0.941. The fourth-order valence-corrected chi connectivity index (χ4v) is 3.15. The van der Waals surface area contributed by atoms with Crippen LogP contribution in [0.4, 0.5) is 0 Å². The van der Waals surface area contributed by atoms with Crippen molar-refractivity contribution in [3.8, 4) is 0 Å². The van der Waals surface area contributed by atoms with Crippen molar-refractivity contribution in [1.82, 2.24) is 0 Å². The molecule has 0 unspecified atom stereocenters. The van der Waals surface area contributed by atoms with Crippen LogP contribution in [0, 0.1) is 0 Å². The van der Waals surface area contributed by atoms with E-state index in [1.54, 1.807) is 43.0 Å². The molecule has 3 nitrogen and oxygen atoms in total. The first-order valence-corrected chi connectivity index (χ1v) is 8.83. The van der Waals surface area contributed by atoms with Crippen LogP contribution in [0.5, 0.6) is 0 Å². The molecule has 0 aliphatic rings. The van der Waals surface area contributed by atoms with Crippen LogP contribution in [-0.4, -0.2) is 19.8 Å². The Kier molecular flexibility index (Phi) is 4.52. The van der Waals surface area contributed by atoms with E-state index in [9.17, 15) is 13.5 Å². The molecular formula is C15H16O3S2. The van der Waals surface area contributed by atoms with Gasteiger partial charge in [0.15, 0.2) is 9.84 Å². The lowest BCUT2D eigenvalue weighted by molar-refractivity contribution is 0.199. The van der Waals surface area contributed by atoms with E-state index < -0.39 is 15.9 Å². The van der Waals surface area contributed by atoms with E-state index in [4.69, 9.17) is 0 Å². The molecule has 1 atom stereocenters. The molecular weight excluding hydrogens is 292 g/mol. The van der Waals surface area contributed by atoms with Crippen LogP contribution in [0.1, 0.15) is 18.6 Å². The van der Waals surface area contributed by atoms with Crippen LogP contribution in [0.2, 0.25) is 0 Å². The Labute approximate surface area is 123 Å². The van der Waals surface area contributed by atoms with Crippen molar-refractivity contribution in [3.05, 3.63) is 54.1 Å². The second-order valence-corrected chi connectivity index (χ2v) is 7.75. The van der Waals surface area contributed by atoms with E-state index >= 15 is 0 Å². The number of sulfone groups is 1. The second kappa shape index (κ2) is 5.99. The van der Waals surface area contributed by atoms with Crippen LogP contribution in [-0.2, 0) is 9.84 Å². The molecule has 0 heterocycles. The van der Waals surface area contributed by atoms with Crippen molar-refractivity contribution >= 4 is 21.6 Å². The number of benzene rings is 2. The Morgan fingerprint density at radius 3 is 1.80 bits per heavy atom. The maximum atomic E-state index is 11.4. The largest absolute Gasteiger partial charge is 0.389 e. The average molecular weight is 308 g/mol. The van der Waals surface area contributed by atoms with Gasteiger partial charge in [-0.3, -0.25) is 0 Å². The minimum absolute atomic E-state index is 0.325. The van der Waals surface area contributed by atoms with Gasteiger partial charge < -0.3 is 5.11 Å². The maximum absolute atomic E-state index is 11.4. The highest BCUT2D eigenvalue weighted by molar-refractivity contribution is 7.99. The van der Waals surface area contributed by atoms with Gasteiger partial charge >= 0.3 is 0 Å². The van der Waals surface area contributed by atoms with Crippen molar-refractivity contribution in [2.45, 2.75) is 27.7 Å². The van der Waals surface area contributed by atoms with Gasteiger partial charge in [0, 0.05) is 16.0 Å². The van der Waals surface area contributed by atoms with Gasteiger partial charge in [0.2, 0.25) is 0 Å². The number of hydrogen-bond donors (Lipinski definition) is 1. The zero-order chi connectivity index (χ0) is 14.8. The second-order valence-electron chi connectivity index (χ2n) is 4.59. The third-order valence-electron chi connectivity index (χ3n) is 2.85. The molecule has 20 heavy (non-hydrogen) atoms. The third-order valence-corrected chi connectivity index (χ3v) is 4.99.